The number of halogens is 1. The van der Waals surface area contributed by atoms with Crippen molar-refractivity contribution in [2.24, 2.45) is 0 Å². The van der Waals surface area contributed by atoms with Crippen LogP contribution in [0.4, 0.5) is 0 Å². The van der Waals surface area contributed by atoms with Gasteiger partial charge in [-0.2, -0.15) is 11.8 Å². The van der Waals surface area contributed by atoms with Gasteiger partial charge in [-0.25, -0.2) is 0 Å². The van der Waals surface area contributed by atoms with Gasteiger partial charge in [-0.1, -0.05) is 28.1 Å². The molecule has 0 aliphatic carbocycles. The molecule has 21 heavy (non-hydrogen) atoms. The van der Waals surface area contributed by atoms with Crippen molar-refractivity contribution in [3.63, 3.8) is 0 Å². The molecule has 1 fully saturated rings. The Bertz CT molecular complexity index is 506. The number of aliphatic carboxylic acids is 1. The molecule has 1 aromatic carbocycles. The van der Waals surface area contributed by atoms with E-state index in [-0.39, 0.29) is 18.4 Å². The van der Waals surface area contributed by atoms with Gasteiger partial charge >= 0.3 is 5.97 Å². The number of nitrogens with zero attached hydrogens (tertiary/aromatic N) is 1. The summed E-state index contributed by atoms with van der Waals surface area (Å²) < 4.78 is 1.02. The molecule has 4 nitrogen and oxygen atoms in total. The van der Waals surface area contributed by atoms with Gasteiger partial charge in [-0.3, -0.25) is 9.59 Å². The third-order valence-electron chi connectivity index (χ3n) is 3.50. The number of carboxylic acids is 1. The molecule has 1 saturated heterocycles. The summed E-state index contributed by atoms with van der Waals surface area (Å²) in [5.74, 6) is 0.828. The van der Waals surface area contributed by atoms with Crippen molar-refractivity contribution in [3.05, 3.63) is 34.3 Å². The fraction of sp³-hybridized carbons (Fsp3) is 0.467. The number of carbonyl (C=O) groups excluding carboxylic acids is 1. The Labute approximate surface area is 137 Å². The maximum absolute atomic E-state index is 12.3. The Kier molecular flexibility index (Phi) is 6.11. The normalized spacial score (nSPS) is 18.5. The Balaban J connectivity index is 1.91. The van der Waals surface area contributed by atoms with E-state index < -0.39 is 5.97 Å². The van der Waals surface area contributed by atoms with E-state index in [1.54, 1.807) is 16.7 Å². The molecule has 0 aromatic heterocycles. The van der Waals surface area contributed by atoms with Crippen LogP contribution in [0, 0.1) is 0 Å². The molecule has 1 heterocycles. The number of amides is 1. The highest BCUT2D eigenvalue weighted by Gasteiger charge is 2.28. The van der Waals surface area contributed by atoms with E-state index in [0.717, 1.165) is 21.5 Å². The van der Waals surface area contributed by atoms with Crippen molar-refractivity contribution in [3.8, 4) is 0 Å². The number of hydrogen-bond acceptors (Lipinski definition) is 3. The second kappa shape index (κ2) is 7.84. The smallest absolute Gasteiger partial charge is 0.305 e. The number of hydrogen-bond donors (Lipinski definition) is 1. The van der Waals surface area contributed by atoms with Gasteiger partial charge in [0.25, 0.3) is 0 Å². The predicted molar refractivity (Wildman–Crippen MR) is 87.5 cm³/mol. The molecule has 1 aromatic rings. The molecule has 1 N–H and O–H groups in total. The van der Waals surface area contributed by atoms with E-state index in [4.69, 9.17) is 5.11 Å². The largest absolute Gasteiger partial charge is 0.481 e. The van der Waals surface area contributed by atoms with Crippen LogP contribution in [0.2, 0.25) is 0 Å². The summed E-state index contributed by atoms with van der Waals surface area (Å²) in [5, 5.41) is 8.95. The van der Waals surface area contributed by atoms with Gasteiger partial charge in [0.1, 0.15) is 0 Å². The Hall–Kier alpha value is -1.01. The highest BCUT2D eigenvalue weighted by Crippen LogP contribution is 2.20. The van der Waals surface area contributed by atoms with Crippen molar-refractivity contribution in [2.75, 3.05) is 18.1 Å². The maximum Gasteiger partial charge on any atom is 0.305 e. The van der Waals surface area contributed by atoms with Crippen molar-refractivity contribution in [1.29, 1.82) is 0 Å². The van der Waals surface area contributed by atoms with E-state index in [1.165, 1.54) is 0 Å². The Morgan fingerprint density at radius 3 is 2.71 bits per heavy atom. The second-order valence-corrected chi connectivity index (χ2v) is 7.11. The lowest BCUT2D eigenvalue weighted by Crippen LogP contribution is -2.47. The quantitative estimate of drug-likeness (QED) is 0.864. The average Bonchev–Trinajstić information content (AvgIpc) is 2.46. The highest BCUT2D eigenvalue weighted by molar-refractivity contribution is 9.10. The third kappa shape index (κ3) is 5.04. The summed E-state index contributed by atoms with van der Waals surface area (Å²) in [6.45, 7) is 0.655. The van der Waals surface area contributed by atoms with Crippen LogP contribution in [0.3, 0.4) is 0 Å². The molecule has 2 rings (SSSR count). The lowest BCUT2D eigenvalue weighted by atomic mass is 10.1. The molecule has 0 saturated carbocycles. The summed E-state index contributed by atoms with van der Waals surface area (Å²) >= 11 is 5.11. The van der Waals surface area contributed by atoms with Crippen LogP contribution in [0.25, 0.3) is 0 Å². The third-order valence-corrected chi connectivity index (χ3v) is 5.12. The number of thioether (sulfide) groups is 1. The monoisotopic (exact) mass is 371 g/mol. The molecule has 0 bridgehead atoms. The zero-order chi connectivity index (χ0) is 15.2. The minimum absolute atomic E-state index is 0.0387. The topological polar surface area (TPSA) is 57.6 Å². The number of carbonyl (C=O) groups is 2. The first-order valence-corrected chi connectivity index (χ1v) is 8.84. The standard InChI is InChI=1S/C15H18BrNO3S/c16-12-4-1-11(2-5-12)3-6-14(18)17-7-8-21-10-13(17)9-15(19)20/h1-2,4-5,13H,3,6-10H2,(H,19,20). The van der Waals surface area contributed by atoms with Crippen LogP contribution in [0.5, 0.6) is 0 Å². The second-order valence-electron chi connectivity index (χ2n) is 5.04. The zero-order valence-electron chi connectivity index (χ0n) is 11.6. The molecule has 1 atom stereocenters. The van der Waals surface area contributed by atoms with Crippen LogP contribution < -0.4 is 0 Å². The zero-order valence-corrected chi connectivity index (χ0v) is 14.0. The van der Waals surface area contributed by atoms with Gasteiger partial charge in [-0.05, 0) is 24.1 Å². The molecule has 0 spiro atoms. The minimum Gasteiger partial charge on any atom is -0.481 e. The maximum atomic E-state index is 12.3. The van der Waals surface area contributed by atoms with Gasteiger partial charge in [0.05, 0.1) is 12.5 Å². The minimum atomic E-state index is -0.840. The molecule has 1 aliphatic rings. The van der Waals surface area contributed by atoms with E-state index in [1.807, 2.05) is 24.3 Å². The Morgan fingerprint density at radius 2 is 2.05 bits per heavy atom. The molecular formula is C15H18BrNO3S. The molecule has 114 valence electrons. The van der Waals surface area contributed by atoms with E-state index in [0.29, 0.717) is 19.4 Å². The van der Waals surface area contributed by atoms with E-state index in [2.05, 4.69) is 15.9 Å². The van der Waals surface area contributed by atoms with Crippen LogP contribution in [-0.2, 0) is 16.0 Å². The van der Waals surface area contributed by atoms with Crippen molar-refractivity contribution in [1.82, 2.24) is 4.90 Å². The summed E-state index contributed by atoms with van der Waals surface area (Å²) in [5.41, 5.74) is 1.12. The number of carboxylic acid groups (broad SMARTS) is 1. The van der Waals surface area contributed by atoms with Crippen LogP contribution in [0.1, 0.15) is 18.4 Å². The van der Waals surface area contributed by atoms with Crippen molar-refractivity contribution >= 4 is 39.6 Å². The fourth-order valence-electron chi connectivity index (χ4n) is 2.40. The van der Waals surface area contributed by atoms with E-state index in [9.17, 15) is 9.59 Å². The fourth-order valence-corrected chi connectivity index (χ4v) is 3.73. The summed E-state index contributed by atoms with van der Waals surface area (Å²) in [4.78, 5) is 25.0. The summed E-state index contributed by atoms with van der Waals surface area (Å²) in [6, 6.07) is 7.75. The Morgan fingerprint density at radius 1 is 1.33 bits per heavy atom. The van der Waals surface area contributed by atoms with Crippen molar-refractivity contribution < 1.29 is 14.7 Å². The van der Waals surface area contributed by atoms with Gasteiger partial charge in [0.2, 0.25) is 5.91 Å². The van der Waals surface area contributed by atoms with Crippen LogP contribution in [-0.4, -0.2) is 46.0 Å². The molecule has 6 heteroatoms. The van der Waals surface area contributed by atoms with Gasteiger partial charge in [0.15, 0.2) is 0 Å². The molecular weight excluding hydrogens is 354 g/mol. The van der Waals surface area contributed by atoms with Crippen LogP contribution in [0.15, 0.2) is 28.7 Å². The molecule has 0 radical (unpaired) electrons. The lowest BCUT2D eigenvalue weighted by molar-refractivity contribution is -0.140. The number of benzene rings is 1. The summed E-state index contributed by atoms with van der Waals surface area (Å²) in [6.07, 6.45) is 1.16. The molecule has 1 unspecified atom stereocenters. The van der Waals surface area contributed by atoms with Gasteiger partial charge in [-0.15, -0.1) is 0 Å². The summed E-state index contributed by atoms with van der Waals surface area (Å²) in [7, 11) is 0. The molecule has 1 amide bonds. The molecule has 1 aliphatic heterocycles. The van der Waals surface area contributed by atoms with Crippen LogP contribution >= 0.6 is 27.7 Å². The van der Waals surface area contributed by atoms with Gasteiger partial charge < -0.3 is 10.0 Å². The van der Waals surface area contributed by atoms with E-state index >= 15 is 0 Å². The SMILES string of the molecule is O=C(O)CC1CSCCN1C(=O)CCc1ccc(Br)cc1. The number of aryl methyl sites for hydroxylation is 1. The lowest BCUT2D eigenvalue weighted by Gasteiger charge is -2.34. The first kappa shape index (κ1) is 16.4. The first-order valence-electron chi connectivity index (χ1n) is 6.89. The predicted octanol–water partition coefficient (Wildman–Crippen LogP) is 2.80. The van der Waals surface area contributed by atoms with Gasteiger partial charge in [0, 0.05) is 28.9 Å². The van der Waals surface area contributed by atoms with Crippen molar-refractivity contribution in [2.45, 2.75) is 25.3 Å². The average molecular weight is 372 g/mol. The first-order chi connectivity index (χ1) is 10.1. The number of rotatable bonds is 5. The highest BCUT2D eigenvalue weighted by atomic mass is 79.9.